The van der Waals surface area contributed by atoms with E-state index >= 15 is 0 Å². The molecule has 2 aromatic rings. The minimum Gasteiger partial charge on any atom is -0.456 e. The van der Waals surface area contributed by atoms with E-state index in [1.165, 1.54) is 11.0 Å². The molecule has 1 spiro atoms. The quantitative estimate of drug-likeness (QED) is 0.685. The van der Waals surface area contributed by atoms with Crippen LogP contribution in [0.15, 0.2) is 36.1 Å². The zero-order chi connectivity index (χ0) is 22.1. The average Bonchev–Trinajstić information content (AvgIpc) is 3.47. The molecule has 0 bridgehead atoms. The summed E-state index contributed by atoms with van der Waals surface area (Å²) in [4.78, 5) is 20.6. The number of cyclic esters (lactones) is 1. The number of nitrogens with zero attached hydrogens (tertiary/aromatic N) is 7. The zero-order valence-corrected chi connectivity index (χ0v) is 18.4. The van der Waals surface area contributed by atoms with Gasteiger partial charge in [-0.2, -0.15) is 4.68 Å². The van der Waals surface area contributed by atoms with Gasteiger partial charge in [0.2, 0.25) is 0 Å². The van der Waals surface area contributed by atoms with Gasteiger partial charge in [-0.1, -0.05) is 0 Å². The van der Waals surface area contributed by atoms with E-state index in [1.54, 1.807) is 12.4 Å². The van der Waals surface area contributed by atoms with Crippen LogP contribution in [0, 0.1) is 5.41 Å². The number of aliphatic hydroxyl groups excluding tert-OH is 1. The van der Waals surface area contributed by atoms with E-state index < -0.39 is 6.10 Å². The number of rotatable bonds is 5. The monoisotopic (exact) mass is 439 g/mol. The maximum atomic E-state index is 11.7. The fourth-order valence-corrected chi connectivity index (χ4v) is 5.14. The molecule has 0 aromatic carbocycles. The molecule has 0 radical (unpaired) electrons. The summed E-state index contributed by atoms with van der Waals surface area (Å²) in [6.45, 7) is 6.83. The largest absolute Gasteiger partial charge is 0.456 e. The van der Waals surface area contributed by atoms with Crippen molar-refractivity contribution < 1.29 is 14.6 Å². The Morgan fingerprint density at radius 2 is 1.91 bits per heavy atom. The van der Waals surface area contributed by atoms with Crippen molar-refractivity contribution in [2.24, 2.45) is 5.41 Å². The Bertz CT molecular complexity index is 989. The van der Waals surface area contributed by atoms with Gasteiger partial charge in [-0.3, -0.25) is 4.98 Å². The van der Waals surface area contributed by atoms with Gasteiger partial charge in [0.05, 0.1) is 29.3 Å². The molecule has 32 heavy (non-hydrogen) atoms. The van der Waals surface area contributed by atoms with Crippen LogP contribution in [0.4, 0.5) is 0 Å². The normalized spacial score (nSPS) is 22.4. The van der Waals surface area contributed by atoms with Gasteiger partial charge < -0.3 is 19.6 Å². The second kappa shape index (κ2) is 8.59. The first-order valence-electron chi connectivity index (χ1n) is 11.2. The number of aliphatic hydroxyl groups is 1. The number of likely N-dealkylation sites (tertiary alicyclic amines) is 2. The summed E-state index contributed by atoms with van der Waals surface area (Å²) < 4.78 is 6.72. The molecular weight excluding hydrogens is 410 g/mol. The van der Waals surface area contributed by atoms with Crippen molar-refractivity contribution >= 4 is 5.97 Å². The first-order chi connectivity index (χ1) is 15.5. The van der Waals surface area contributed by atoms with Crippen molar-refractivity contribution in [2.45, 2.75) is 38.7 Å². The van der Waals surface area contributed by atoms with Gasteiger partial charge in [0.25, 0.3) is 0 Å². The summed E-state index contributed by atoms with van der Waals surface area (Å²) in [5, 5.41) is 22.0. The van der Waals surface area contributed by atoms with Crippen LogP contribution in [0.3, 0.4) is 0 Å². The second-order valence-corrected chi connectivity index (χ2v) is 9.18. The summed E-state index contributed by atoms with van der Waals surface area (Å²) in [6.07, 6.45) is 8.86. The first kappa shape index (κ1) is 21.0. The Balaban J connectivity index is 1.14. The summed E-state index contributed by atoms with van der Waals surface area (Å²) >= 11 is 0. The highest BCUT2D eigenvalue weighted by Crippen LogP contribution is 2.42. The van der Waals surface area contributed by atoms with Crippen LogP contribution >= 0.6 is 0 Å². The van der Waals surface area contributed by atoms with Gasteiger partial charge in [-0.05, 0) is 67.6 Å². The van der Waals surface area contributed by atoms with Crippen molar-refractivity contribution in [3.05, 3.63) is 41.6 Å². The van der Waals surface area contributed by atoms with Crippen LogP contribution in [0.1, 0.15) is 44.3 Å². The maximum Gasteiger partial charge on any atom is 0.335 e. The molecule has 3 aliphatic rings. The van der Waals surface area contributed by atoms with E-state index in [2.05, 4.69) is 30.3 Å². The highest BCUT2D eigenvalue weighted by molar-refractivity contribution is 5.90. The third-order valence-corrected chi connectivity index (χ3v) is 7.38. The lowest BCUT2D eigenvalue weighted by molar-refractivity contribution is -0.136. The fourth-order valence-electron chi connectivity index (χ4n) is 5.14. The smallest absolute Gasteiger partial charge is 0.335 e. The number of ether oxygens (including phenoxy) is 1. The van der Waals surface area contributed by atoms with Crippen molar-refractivity contribution in [3.8, 4) is 5.69 Å². The number of tetrazole rings is 1. The minimum atomic E-state index is -0.607. The Hall–Kier alpha value is -2.85. The van der Waals surface area contributed by atoms with Gasteiger partial charge in [0.1, 0.15) is 12.9 Å². The molecule has 2 saturated heterocycles. The molecule has 170 valence electrons. The Morgan fingerprint density at radius 3 is 2.56 bits per heavy atom. The summed E-state index contributed by atoms with van der Waals surface area (Å²) in [5.41, 5.74) is 3.71. The summed E-state index contributed by atoms with van der Waals surface area (Å²) in [6, 6.07) is 1.88. The van der Waals surface area contributed by atoms with E-state index in [-0.39, 0.29) is 5.97 Å². The predicted octanol–water partition coefficient (Wildman–Crippen LogP) is 1.10. The molecule has 0 amide bonds. The van der Waals surface area contributed by atoms with Crippen LogP contribution in [0.2, 0.25) is 0 Å². The Labute approximate surface area is 186 Å². The lowest BCUT2D eigenvalue weighted by atomic mass is 9.71. The van der Waals surface area contributed by atoms with E-state index in [0.29, 0.717) is 18.6 Å². The van der Waals surface area contributed by atoms with E-state index in [1.807, 2.05) is 13.0 Å². The third-order valence-electron chi connectivity index (χ3n) is 7.38. The highest BCUT2D eigenvalue weighted by Gasteiger charge is 2.39. The number of aromatic nitrogens is 5. The lowest BCUT2D eigenvalue weighted by Gasteiger charge is -2.47. The zero-order valence-electron chi connectivity index (χ0n) is 18.4. The number of β-amino-alcohol motifs (C(OH)–C–C–N with tert-alkyl or cyclic N) is 1. The number of esters is 1. The number of hydrogen-bond acceptors (Lipinski definition) is 9. The predicted molar refractivity (Wildman–Crippen MR) is 114 cm³/mol. The minimum absolute atomic E-state index is 0.175. The Kier molecular flexibility index (Phi) is 5.64. The van der Waals surface area contributed by atoms with Gasteiger partial charge >= 0.3 is 5.97 Å². The molecule has 2 fully saturated rings. The van der Waals surface area contributed by atoms with Crippen LogP contribution < -0.4 is 0 Å². The Morgan fingerprint density at radius 1 is 1.16 bits per heavy atom. The fraction of sp³-hybridized carbons (Fsp3) is 0.591. The van der Waals surface area contributed by atoms with E-state index in [9.17, 15) is 9.90 Å². The number of carbonyl (C=O) groups is 1. The molecule has 10 nitrogen and oxygen atoms in total. The molecule has 1 atom stereocenters. The highest BCUT2D eigenvalue weighted by atomic mass is 16.5. The topological polar surface area (TPSA) is 110 Å². The van der Waals surface area contributed by atoms with Crippen molar-refractivity contribution in [1.29, 1.82) is 0 Å². The van der Waals surface area contributed by atoms with Crippen molar-refractivity contribution in [1.82, 2.24) is 35.0 Å². The van der Waals surface area contributed by atoms with Gasteiger partial charge in [-0.15, -0.1) is 5.10 Å². The van der Waals surface area contributed by atoms with Crippen LogP contribution in [-0.2, 0) is 9.53 Å². The summed E-state index contributed by atoms with van der Waals surface area (Å²) in [5.74, 6) is -0.175. The molecule has 1 unspecified atom stereocenters. The van der Waals surface area contributed by atoms with Crippen LogP contribution in [0.5, 0.6) is 0 Å². The maximum absolute atomic E-state index is 11.7. The van der Waals surface area contributed by atoms with Crippen molar-refractivity contribution in [3.63, 3.8) is 0 Å². The van der Waals surface area contributed by atoms with E-state index in [4.69, 9.17) is 4.74 Å². The molecule has 2 aromatic heterocycles. The first-order valence-corrected chi connectivity index (χ1v) is 11.2. The lowest BCUT2D eigenvalue weighted by Crippen LogP contribution is -2.47. The van der Waals surface area contributed by atoms with Crippen molar-refractivity contribution in [2.75, 3.05) is 39.3 Å². The molecule has 10 heteroatoms. The molecule has 3 aliphatic heterocycles. The molecule has 1 N–H and O–H groups in total. The van der Waals surface area contributed by atoms with Crippen LogP contribution in [-0.4, -0.2) is 85.4 Å². The standard InChI is InChI=1S/C22H29N7O3/c1-16-19(14-32-21(16)31)28-8-4-22(5-9-28)2-6-27(7-3-22)13-20(30)17-10-18(12-23-11-17)29-15-24-25-26-29/h10-12,15,20,30H,2-9,13-14H2,1H3. The third kappa shape index (κ3) is 4.12. The molecule has 0 aliphatic carbocycles. The van der Waals surface area contributed by atoms with Crippen LogP contribution in [0.25, 0.3) is 5.69 Å². The number of pyridine rings is 1. The number of carbonyl (C=O) groups excluding carboxylic acids is 1. The second-order valence-electron chi connectivity index (χ2n) is 9.18. The molecular formula is C22H29N7O3. The number of piperidine rings is 2. The van der Waals surface area contributed by atoms with E-state index in [0.717, 1.165) is 74.4 Å². The van der Waals surface area contributed by atoms with Gasteiger partial charge in [0, 0.05) is 31.4 Å². The number of hydrogen-bond donors (Lipinski definition) is 1. The molecule has 0 saturated carbocycles. The molecule has 5 heterocycles. The SMILES string of the molecule is CC1=C(N2CCC3(CCN(CC(O)c4cncc(-n5cnnn5)c4)CC3)CC2)COC1=O. The van der Waals surface area contributed by atoms with Gasteiger partial charge in [0.15, 0.2) is 0 Å². The molecule has 5 rings (SSSR count). The summed E-state index contributed by atoms with van der Waals surface area (Å²) in [7, 11) is 0. The average molecular weight is 440 g/mol. The van der Waals surface area contributed by atoms with Gasteiger partial charge in [-0.25, -0.2) is 4.79 Å².